The van der Waals surface area contributed by atoms with Crippen LogP contribution in [0.4, 0.5) is 0 Å². The molecule has 1 atom stereocenters. The lowest BCUT2D eigenvalue weighted by atomic mass is 10.00. The highest BCUT2D eigenvalue weighted by molar-refractivity contribution is 6.37. The molecule has 0 heterocycles. The van der Waals surface area contributed by atoms with Gasteiger partial charge in [-0.1, -0.05) is 41.4 Å². The molecule has 2 aromatic carbocycles. The van der Waals surface area contributed by atoms with Gasteiger partial charge in [-0.3, -0.25) is 0 Å². The molecular weight excluding hydrogens is 283 g/mol. The average molecular weight is 295 g/mol. The van der Waals surface area contributed by atoms with E-state index in [0.717, 1.165) is 35.1 Å². The first-order valence-corrected chi connectivity index (χ1v) is 6.81. The second kappa shape index (κ2) is 4.71. The molecule has 0 aliphatic heterocycles. The van der Waals surface area contributed by atoms with Gasteiger partial charge in [0, 0.05) is 0 Å². The van der Waals surface area contributed by atoms with Crippen LogP contribution in [-0.2, 0) is 6.42 Å². The molecule has 2 aromatic rings. The van der Waals surface area contributed by atoms with Crippen molar-refractivity contribution in [2.75, 3.05) is 0 Å². The zero-order chi connectivity index (χ0) is 13.6. The SMILES string of the molecule is Oc1c(Cl)cc(-c2ccc3c(c2)CC[C@@H]3O)cc1Cl. The molecule has 0 spiro atoms. The zero-order valence-electron chi connectivity index (χ0n) is 10.0. The van der Waals surface area contributed by atoms with Crippen molar-refractivity contribution >= 4 is 23.2 Å². The first-order chi connectivity index (χ1) is 9.06. The Hall–Kier alpha value is -1.22. The van der Waals surface area contributed by atoms with Crippen LogP contribution >= 0.6 is 23.2 Å². The number of aryl methyl sites for hydroxylation is 1. The van der Waals surface area contributed by atoms with Crippen molar-refractivity contribution in [3.05, 3.63) is 51.5 Å². The average Bonchev–Trinajstić information content (AvgIpc) is 2.76. The second-order valence-electron chi connectivity index (χ2n) is 4.76. The van der Waals surface area contributed by atoms with E-state index in [1.807, 2.05) is 18.2 Å². The van der Waals surface area contributed by atoms with Crippen molar-refractivity contribution in [1.29, 1.82) is 0 Å². The van der Waals surface area contributed by atoms with Crippen LogP contribution in [0.5, 0.6) is 5.75 Å². The predicted molar refractivity (Wildman–Crippen MR) is 76.8 cm³/mol. The molecule has 1 aliphatic carbocycles. The minimum Gasteiger partial charge on any atom is -0.505 e. The maximum atomic E-state index is 9.79. The van der Waals surface area contributed by atoms with E-state index in [4.69, 9.17) is 23.2 Å². The normalized spacial score (nSPS) is 17.5. The largest absolute Gasteiger partial charge is 0.505 e. The first-order valence-electron chi connectivity index (χ1n) is 6.05. The van der Waals surface area contributed by atoms with Gasteiger partial charge in [0.1, 0.15) is 0 Å². The van der Waals surface area contributed by atoms with E-state index in [9.17, 15) is 10.2 Å². The lowest BCUT2D eigenvalue weighted by Gasteiger charge is -2.09. The van der Waals surface area contributed by atoms with Gasteiger partial charge in [0.25, 0.3) is 0 Å². The zero-order valence-corrected chi connectivity index (χ0v) is 11.5. The fraction of sp³-hybridized carbons (Fsp3) is 0.200. The van der Waals surface area contributed by atoms with Gasteiger partial charge in [-0.05, 0) is 47.2 Å². The van der Waals surface area contributed by atoms with Crippen molar-refractivity contribution in [2.24, 2.45) is 0 Å². The van der Waals surface area contributed by atoms with Gasteiger partial charge in [-0.2, -0.15) is 0 Å². The van der Waals surface area contributed by atoms with E-state index >= 15 is 0 Å². The van der Waals surface area contributed by atoms with E-state index in [0.29, 0.717) is 0 Å². The van der Waals surface area contributed by atoms with Gasteiger partial charge in [-0.25, -0.2) is 0 Å². The minimum atomic E-state index is -0.351. The van der Waals surface area contributed by atoms with Crippen LogP contribution in [0.2, 0.25) is 10.0 Å². The molecule has 19 heavy (non-hydrogen) atoms. The molecule has 0 aromatic heterocycles. The summed E-state index contributed by atoms with van der Waals surface area (Å²) >= 11 is 11.9. The van der Waals surface area contributed by atoms with Crippen molar-refractivity contribution in [2.45, 2.75) is 18.9 Å². The molecular formula is C15H12Cl2O2. The highest BCUT2D eigenvalue weighted by atomic mass is 35.5. The number of hydrogen-bond donors (Lipinski definition) is 2. The van der Waals surface area contributed by atoms with Crippen molar-refractivity contribution in [1.82, 2.24) is 0 Å². The number of fused-ring (bicyclic) bond motifs is 1. The summed E-state index contributed by atoms with van der Waals surface area (Å²) in [7, 11) is 0. The van der Waals surface area contributed by atoms with Crippen LogP contribution in [-0.4, -0.2) is 10.2 Å². The molecule has 2 N–H and O–H groups in total. The molecule has 0 unspecified atom stereocenters. The highest BCUT2D eigenvalue weighted by Gasteiger charge is 2.20. The summed E-state index contributed by atoms with van der Waals surface area (Å²) in [6, 6.07) is 9.31. The molecule has 0 radical (unpaired) electrons. The lowest BCUT2D eigenvalue weighted by Crippen LogP contribution is -1.90. The third-order valence-corrected chi connectivity index (χ3v) is 4.12. The number of phenols is 1. The molecule has 98 valence electrons. The maximum absolute atomic E-state index is 9.79. The number of hydrogen-bond acceptors (Lipinski definition) is 2. The van der Waals surface area contributed by atoms with E-state index in [2.05, 4.69) is 0 Å². The van der Waals surface area contributed by atoms with E-state index in [1.165, 1.54) is 0 Å². The van der Waals surface area contributed by atoms with Gasteiger partial charge in [0.05, 0.1) is 16.1 Å². The van der Waals surface area contributed by atoms with Gasteiger partial charge in [0.2, 0.25) is 0 Å². The first kappa shape index (κ1) is 12.8. The number of rotatable bonds is 1. The molecule has 0 saturated carbocycles. The molecule has 0 saturated heterocycles. The van der Waals surface area contributed by atoms with Crippen molar-refractivity contribution in [3.63, 3.8) is 0 Å². The Bertz CT molecular complexity index is 630. The van der Waals surface area contributed by atoms with Gasteiger partial charge in [-0.15, -0.1) is 0 Å². The minimum absolute atomic E-state index is 0.0938. The summed E-state index contributed by atoms with van der Waals surface area (Å²) in [4.78, 5) is 0. The number of aromatic hydroxyl groups is 1. The van der Waals surface area contributed by atoms with Gasteiger partial charge < -0.3 is 10.2 Å². The summed E-state index contributed by atoms with van der Waals surface area (Å²) in [6.07, 6.45) is 1.30. The van der Waals surface area contributed by atoms with Crippen molar-refractivity contribution < 1.29 is 10.2 Å². The number of phenolic OH excluding ortho intramolecular Hbond substituents is 1. The van der Waals surface area contributed by atoms with E-state index < -0.39 is 0 Å². The van der Waals surface area contributed by atoms with E-state index in [1.54, 1.807) is 12.1 Å². The third kappa shape index (κ3) is 2.20. The van der Waals surface area contributed by atoms with Crippen LogP contribution in [0.3, 0.4) is 0 Å². The smallest absolute Gasteiger partial charge is 0.152 e. The molecule has 3 rings (SSSR count). The summed E-state index contributed by atoms with van der Waals surface area (Å²) in [5.41, 5.74) is 4.00. The Kier molecular flexibility index (Phi) is 3.17. The van der Waals surface area contributed by atoms with Gasteiger partial charge in [0.15, 0.2) is 5.75 Å². The predicted octanol–water partition coefficient (Wildman–Crippen LogP) is 4.35. The fourth-order valence-electron chi connectivity index (χ4n) is 2.51. The van der Waals surface area contributed by atoms with Crippen LogP contribution in [0.1, 0.15) is 23.7 Å². The maximum Gasteiger partial charge on any atom is 0.152 e. The Morgan fingerprint density at radius 1 is 1.00 bits per heavy atom. The monoisotopic (exact) mass is 294 g/mol. The number of halogens is 2. The molecule has 2 nitrogen and oxygen atoms in total. The Morgan fingerprint density at radius 2 is 1.68 bits per heavy atom. The summed E-state index contributed by atoms with van der Waals surface area (Å²) in [6.45, 7) is 0. The summed E-state index contributed by atoms with van der Waals surface area (Å²) < 4.78 is 0. The van der Waals surface area contributed by atoms with Crippen LogP contribution in [0, 0.1) is 0 Å². The number of aliphatic hydroxyl groups is 1. The van der Waals surface area contributed by atoms with Crippen molar-refractivity contribution in [3.8, 4) is 16.9 Å². The topological polar surface area (TPSA) is 40.5 Å². The molecule has 1 aliphatic rings. The number of aliphatic hydroxyl groups excluding tert-OH is 1. The molecule has 0 fully saturated rings. The Balaban J connectivity index is 2.08. The number of benzene rings is 2. The van der Waals surface area contributed by atoms with E-state index in [-0.39, 0.29) is 21.9 Å². The van der Waals surface area contributed by atoms with Gasteiger partial charge >= 0.3 is 0 Å². The third-order valence-electron chi connectivity index (χ3n) is 3.54. The molecule has 0 bridgehead atoms. The standard InChI is InChI=1S/C15H12Cl2O2/c16-12-6-10(7-13(17)15(12)19)8-1-3-11-9(5-8)2-4-14(11)18/h1,3,5-7,14,18-19H,2,4H2/t14-/m0/s1. The van der Waals surface area contributed by atoms with Crippen LogP contribution in [0.15, 0.2) is 30.3 Å². The quantitative estimate of drug-likeness (QED) is 0.821. The molecule has 4 heteroatoms. The summed E-state index contributed by atoms with van der Waals surface area (Å²) in [5.74, 6) is -0.0938. The Morgan fingerprint density at radius 3 is 2.37 bits per heavy atom. The Labute approximate surface area is 121 Å². The van der Waals surface area contributed by atoms with Crippen LogP contribution < -0.4 is 0 Å². The highest BCUT2D eigenvalue weighted by Crippen LogP contribution is 2.38. The fourth-order valence-corrected chi connectivity index (χ4v) is 2.99. The lowest BCUT2D eigenvalue weighted by molar-refractivity contribution is 0.180. The molecule has 0 amide bonds. The second-order valence-corrected chi connectivity index (χ2v) is 5.57. The van der Waals surface area contributed by atoms with Crippen LogP contribution in [0.25, 0.3) is 11.1 Å². The summed E-state index contributed by atoms with van der Waals surface area (Å²) in [5, 5.41) is 19.8.